The predicted octanol–water partition coefficient (Wildman–Crippen LogP) is 0.519. The Morgan fingerprint density at radius 2 is 1.75 bits per heavy atom. The maximum atomic E-state index is 10.3. The van der Waals surface area contributed by atoms with Gasteiger partial charge in [0.15, 0.2) is 11.5 Å². The molecule has 0 bridgehead atoms. The second-order valence-electron chi connectivity index (χ2n) is 4.80. The maximum Gasteiger partial charge on any atom is 0.402 e. The first-order valence-electron chi connectivity index (χ1n) is 8.07. The average molecular weight is 354 g/mol. The first kappa shape index (κ1) is 13.6. The number of benzene rings is 2. The smallest absolute Gasteiger partial charge is 0.402 e. The summed E-state index contributed by atoms with van der Waals surface area (Å²) in [6, 6.07) is 8.08. The largest absolute Gasteiger partial charge is 1.00 e. The Labute approximate surface area is 148 Å². The molecule has 0 saturated heterocycles. The minimum absolute atomic E-state index is 0. The molecule has 1 heterocycles. The summed E-state index contributed by atoms with van der Waals surface area (Å²) in [5, 5.41) is 30.3. The van der Waals surface area contributed by atoms with E-state index in [2.05, 4.69) is 0 Å². The molecular weight excluding hydrogens is 336 g/mol. The molecule has 126 valence electrons. The van der Waals surface area contributed by atoms with Crippen LogP contribution in [0.2, 0.25) is 0 Å². The molecule has 2 aromatic carbocycles. The van der Waals surface area contributed by atoms with Crippen molar-refractivity contribution in [1.82, 2.24) is 0 Å². The van der Waals surface area contributed by atoms with Crippen molar-refractivity contribution < 1.29 is 45.7 Å². The zero-order chi connectivity index (χ0) is 19.1. The molecule has 0 spiro atoms. The van der Waals surface area contributed by atoms with Crippen LogP contribution < -0.4 is 21.9 Å². The molecule has 0 aliphatic carbocycles. The fourth-order valence-electron chi connectivity index (χ4n) is 2.24. The van der Waals surface area contributed by atoms with E-state index in [1.807, 2.05) is 0 Å². The average Bonchev–Trinajstić information content (AvgIpc) is 2.55. The molecule has 0 aliphatic heterocycles. The third-order valence-corrected chi connectivity index (χ3v) is 3.39. The van der Waals surface area contributed by atoms with Gasteiger partial charge in [-0.3, -0.25) is 0 Å². The molecule has 0 unspecified atom stereocenters. The number of fused-ring (bicyclic) bond motifs is 1. The number of phenolic OH excluding ortho intramolecular Hbond substituents is 2. The van der Waals surface area contributed by atoms with Crippen LogP contribution in [-0.2, 0) is 0 Å². The number of methoxy groups -OCH3 is 2. The van der Waals surface area contributed by atoms with Gasteiger partial charge in [0.05, 0.1) is 29.9 Å². The number of aromatic hydroxyl groups is 3. The van der Waals surface area contributed by atoms with Crippen molar-refractivity contribution >= 4 is 11.0 Å². The lowest BCUT2D eigenvalue weighted by atomic mass is 10.1. The molecule has 0 amide bonds. The number of hydrogen-bond donors (Lipinski definition) is 3. The Kier molecular flexibility index (Phi) is 3.80. The predicted molar refractivity (Wildman–Crippen MR) is 84.2 cm³/mol. The Balaban J connectivity index is 0.00000261. The molecule has 0 atom stereocenters. The Morgan fingerprint density at radius 3 is 2.46 bits per heavy atom. The molecule has 0 aliphatic rings. The van der Waals surface area contributed by atoms with Gasteiger partial charge in [-0.25, -0.2) is 4.42 Å². The van der Waals surface area contributed by atoms with E-state index in [1.54, 1.807) is 0 Å². The first-order valence-corrected chi connectivity index (χ1v) is 6.57. The summed E-state index contributed by atoms with van der Waals surface area (Å²) in [7, 11) is -1.32. The van der Waals surface area contributed by atoms with Crippen LogP contribution in [-0.4, -0.2) is 29.5 Å². The molecule has 3 aromatic rings. The summed E-state index contributed by atoms with van der Waals surface area (Å²) in [5.74, 6) is -0.728. The zero-order valence-electron chi connectivity index (χ0n) is 15.4. The summed E-state index contributed by atoms with van der Waals surface area (Å²) in [4.78, 5) is 0. The molecule has 3 rings (SSSR count). The molecule has 6 nitrogen and oxygen atoms in total. The number of hydrogen-bond acceptors (Lipinski definition) is 5. The van der Waals surface area contributed by atoms with Crippen molar-refractivity contribution in [3.05, 3.63) is 36.4 Å². The highest BCUT2D eigenvalue weighted by molar-refractivity contribution is 5.88. The van der Waals surface area contributed by atoms with Crippen LogP contribution in [0.25, 0.3) is 22.3 Å². The summed E-state index contributed by atoms with van der Waals surface area (Å²) in [6.45, 7) is 0. The number of rotatable bonds is 3. The molecule has 3 N–H and O–H groups in total. The Bertz CT molecular complexity index is 991. The molecule has 7 heteroatoms. The fraction of sp³-hybridized carbons (Fsp3) is 0.118. The lowest BCUT2D eigenvalue weighted by Gasteiger charge is -2.04. The van der Waals surface area contributed by atoms with Gasteiger partial charge in [-0.05, 0) is 12.1 Å². The van der Waals surface area contributed by atoms with Crippen LogP contribution in [0.1, 0.15) is 4.11 Å². The lowest BCUT2D eigenvalue weighted by Crippen LogP contribution is -3.00. The topological polar surface area (TPSA) is 90.5 Å². The van der Waals surface area contributed by atoms with Crippen LogP contribution in [0.4, 0.5) is 0 Å². The van der Waals surface area contributed by atoms with Crippen molar-refractivity contribution in [1.29, 1.82) is 0 Å². The van der Waals surface area contributed by atoms with Crippen LogP contribution >= 0.6 is 0 Å². The maximum absolute atomic E-state index is 10.3. The van der Waals surface area contributed by atoms with E-state index in [1.165, 1.54) is 43.5 Å². The minimum atomic E-state index is -2.75. The van der Waals surface area contributed by atoms with E-state index in [4.69, 9.17) is 18.0 Å². The van der Waals surface area contributed by atoms with E-state index in [-0.39, 0.29) is 57.7 Å². The molecule has 0 fully saturated rings. The number of ether oxygens (including phenoxy) is 2. The van der Waals surface area contributed by atoms with Crippen molar-refractivity contribution in [2.75, 3.05) is 14.1 Å². The number of phenols is 2. The summed E-state index contributed by atoms with van der Waals surface area (Å²) >= 11 is 0. The quantitative estimate of drug-likeness (QED) is 0.595. The van der Waals surface area contributed by atoms with Crippen molar-refractivity contribution in [2.24, 2.45) is 0 Å². The summed E-state index contributed by atoms with van der Waals surface area (Å²) < 4.78 is 36.9. The highest BCUT2D eigenvalue weighted by atomic mass is 35.5. The monoisotopic (exact) mass is 353 g/mol. The standard InChI is InChI=1S/C17H14O6.ClH/c1-21-10-6-13(19)11-8-14(20)17(23-15(11)7-10)9-3-4-12(18)16(5-9)22-2;/h3-8H,1-2H3,(H2-,18,19,20);1H/i2D3;. The van der Waals surface area contributed by atoms with Gasteiger partial charge in [0.2, 0.25) is 5.75 Å². The summed E-state index contributed by atoms with van der Waals surface area (Å²) in [5.41, 5.74) is 0.504. The van der Waals surface area contributed by atoms with E-state index in [9.17, 15) is 15.3 Å². The van der Waals surface area contributed by atoms with Gasteiger partial charge < -0.3 is 37.2 Å². The SMILES string of the molecule is [2H]C([2H])([2H])Oc1cc(-c2[o+]c3cc(OC)cc(O)c3cc2O)ccc1O.[Cl-]. The van der Waals surface area contributed by atoms with Crippen molar-refractivity contribution in [2.45, 2.75) is 0 Å². The van der Waals surface area contributed by atoms with Gasteiger partial charge in [0.1, 0.15) is 16.9 Å². The highest BCUT2D eigenvalue weighted by Gasteiger charge is 2.25. The van der Waals surface area contributed by atoms with Gasteiger partial charge in [-0.15, -0.1) is 0 Å². The van der Waals surface area contributed by atoms with Crippen LogP contribution in [0.5, 0.6) is 28.7 Å². The lowest BCUT2D eigenvalue weighted by molar-refractivity contribution is -0.00000851. The van der Waals surface area contributed by atoms with Gasteiger partial charge >= 0.3 is 11.3 Å². The fourth-order valence-corrected chi connectivity index (χ4v) is 2.24. The van der Waals surface area contributed by atoms with E-state index < -0.39 is 7.04 Å². The Morgan fingerprint density at radius 1 is 0.958 bits per heavy atom. The molecule has 1 aromatic heterocycles. The third-order valence-electron chi connectivity index (χ3n) is 3.39. The van der Waals surface area contributed by atoms with Crippen molar-refractivity contribution in [3.8, 4) is 40.1 Å². The second kappa shape index (κ2) is 6.72. The Hall–Kier alpha value is -2.86. The third kappa shape index (κ3) is 2.96. The highest BCUT2D eigenvalue weighted by Crippen LogP contribution is 2.40. The van der Waals surface area contributed by atoms with Crippen LogP contribution in [0, 0.1) is 0 Å². The zero-order valence-corrected chi connectivity index (χ0v) is 13.2. The van der Waals surface area contributed by atoms with E-state index >= 15 is 0 Å². The van der Waals surface area contributed by atoms with Crippen LogP contribution in [0.15, 0.2) is 40.8 Å². The van der Waals surface area contributed by atoms with Gasteiger partial charge in [0.25, 0.3) is 0 Å². The van der Waals surface area contributed by atoms with Gasteiger partial charge in [0, 0.05) is 18.2 Å². The molecular formula is C17H15ClO6. The summed E-state index contributed by atoms with van der Waals surface area (Å²) in [6.07, 6.45) is 0. The van der Waals surface area contributed by atoms with Crippen LogP contribution in [0.3, 0.4) is 0 Å². The normalized spacial score (nSPS) is 12.6. The first-order chi connectivity index (χ1) is 12.2. The minimum Gasteiger partial charge on any atom is -1.00 e. The van der Waals surface area contributed by atoms with E-state index in [0.29, 0.717) is 5.75 Å². The van der Waals surface area contributed by atoms with Gasteiger partial charge in [-0.2, -0.15) is 0 Å². The number of halogens is 1. The van der Waals surface area contributed by atoms with Gasteiger partial charge in [-0.1, -0.05) is 0 Å². The van der Waals surface area contributed by atoms with E-state index in [0.717, 1.165) is 0 Å². The second-order valence-corrected chi connectivity index (χ2v) is 4.80. The molecule has 0 radical (unpaired) electrons. The molecule has 24 heavy (non-hydrogen) atoms. The molecule has 0 saturated carbocycles. The van der Waals surface area contributed by atoms with Crippen molar-refractivity contribution in [3.63, 3.8) is 0 Å².